The lowest BCUT2D eigenvalue weighted by molar-refractivity contribution is -0.119. The third-order valence-corrected chi connectivity index (χ3v) is 2.06. The second-order valence-corrected chi connectivity index (χ2v) is 3.16. The topological polar surface area (TPSA) is 94.0 Å². The highest BCUT2D eigenvalue weighted by Crippen LogP contribution is 2.13. The molecule has 1 heterocycles. The summed E-state index contributed by atoms with van der Waals surface area (Å²) in [5.41, 5.74) is 5.59. The molecule has 1 amide bonds. The fourth-order valence-electron chi connectivity index (χ4n) is 1.44. The lowest BCUT2D eigenvalue weighted by atomic mass is 10.0. The van der Waals surface area contributed by atoms with Crippen LogP contribution in [0.3, 0.4) is 0 Å². The normalized spacial score (nSPS) is 23.9. The number of rotatable bonds is 2. The van der Waals surface area contributed by atoms with E-state index in [0.29, 0.717) is 25.1 Å². The third kappa shape index (κ3) is 2.53. The van der Waals surface area contributed by atoms with Crippen molar-refractivity contribution in [3.63, 3.8) is 0 Å². The summed E-state index contributed by atoms with van der Waals surface area (Å²) in [6.07, 6.45) is 1.27. The number of hydrogen-bond acceptors (Lipinski definition) is 4. The number of amides is 1. The molecule has 1 saturated heterocycles. The van der Waals surface area contributed by atoms with Crippen molar-refractivity contribution in [2.45, 2.75) is 18.9 Å². The third-order valence-electron chi connectivity index (χ3n) is 2.06. The monoisotopic (exact) mass is 180 g/mol. The molecule has 1 aliphatic rings. The highest BCUT2D eigenvalue weighted by molar-refractivity contribution is 5.85. The summed E-state index contributed by atoms with van der Waals surface area (Å²) in [4.78, 5) is 12.3. The first kappa shape index (κ1) is 9.68. The Labute approximate surface area is 76.6 Å². The first-order valence-corrected chi connectivity index (χ1v) is 4.11. The SMILES string of the molecule is N#C[C@@H]1CCC(=N)CN1CC(N)=O. The van der Waals surface area contributed by atoms with Crippen LogP contribution in [0.1, 0.15) is 12.8 Å². The molecule has 13 heavy (non-hydrogen) atoms. The summed E-state index contributed by atoms with van der Waals surface area (Å²) in [7, 11) is 0. The Hall–Kier alpha value is -1.41. The second-order valence-electron chi connectivity index (χ2n) is 3.16. The van der Waals surface area contributed by atoms with Gasteiger partial charge in [-0.25, -0.2) is 0 Å². The molecule has 1 aliphatic heterocycles. The number of nitrogens with two attached hydrogens (primary N) is 1. The van der Waals surface area contributed by atoms with Crippen molar-refractivity contribution in [3.05, 3.63) is 0 Å². The fraction of sp³-hybridized carbons (Fsp3) is 0.625. The largest absolute Gasteiger partial charge is 0.369 e. The first-order chi connectivity index (χ1) is 6.13. The van der Waals surface area contributed by atoms with Gasteiger partial charge in [-0.05, 0) is 12.8 Å². The van der Waals surface area contributed by atoms with E-state index in [0.717, 1.165) is 0 Å². The van der Waals surface area contributed by atoms with Crippen LogP contribution in [0.15, 0.2) is 0 Å². The van der Waals surface area contributed by atoms with Crippen LogP contribution in [0, 0.1) is 16.7 Å². The molecule has 0 unspecified atom stereocenters. The molecule has 0 spiro atoms. The summed E-state index contributed by atoms with van der Waals surface area (Å²) in [5, 5.41) is 16.2. The van der Waals surface area contributed by atoms with E-state index in [-0.39, 0.29) is 12.6 Å². The Kier molecular flexibility index (Phi) is 2.98. The highest BCUT2D eigenvalue weighted by Gasteiger charge is 2.25. The van der Waals surface area contributed by atoms with E-state index in [2.05, 4.69) is 6.07 Å². The summed E-state index contributed by atoms with van der Waals surface area (Å²) in [5.74, 6) is -0.449. The standard InChI is InChI=1S/C8H12N4O/c9-3-7-2-1-6(10)4-12(7)5-8(11)13/h7,10H,1-2,4-5H2,(H2,11,13)/t7-/m0/s1. The van der Waals surface area contributed by atoms with Crippen molar-refractivity contribution in [2.75, 3.05) is 13.1 Å². The zero-order valence-corrected chi connectivity index (χ0v) is 7.29. The summed E-state index contributed by atoms with van der Waals surface area (Å²) >= 11 is 0. The molecule has 0 bridgehead atoms. The molecule has 3 N–H and O–H groups in total. The van der Waals surface area contributed by atoms with Gasteiger partial charge in [0.1, 0.15) is 0 Å². The Morgan fingerprint density at radius 3 is 3.08 bits per heavy atom. The number of nitriles is 1. The van der Waals surface area contributed by atoms with Gasteiger partial charge in [0.05, 0.1) is 18.7 Å². The summed E-state index contributed by atoms with van der Waals surface area (Å²) in [6, 6.07) is 1.84. The van der Waals surface area contributed by atoms with Gasteiger partial charge in [-0.15, -0.1) is 0 Å². The molecule has 70 valence electrons. The van der Waals surface area contributed by atoms with Crippen LogP contribution >= 0.6 is 0 Å². The zero-order chi connectivity index (χ0) is 9.84. The van der Waals surface area contributed by atoms with Crippen molar-refractivity contribution in [2.24, 2.45) is 5.73 Å². The quantitative estimate of drug-likeness (QED) is 0.598. The molecule has 1 fully saturated rings. The average molecular weight is 180 g/mol. The Morgan fingerprint density at radius 2 is 2.54 bits per heavy atom. The van der Waals surface area contributed by atoms with Gasteiger partial charge in [-0.2, -0.15) is 5.26 Å². The van der Waals surface area contributed by atoms with E-state index in [9.17, 15) is 4.79 Å². The van der Waals surface area contributed by atoms with E-state index in [1.807, 2.05) is 0 Å². The van der Waals surface area contributed by atoms with E-state index in [1.54, 1.807) is 4.90 Å². The maximum atomic E-state index is 10.6. The van der Waals surface area contributed by atoms with Crippen molar-refractivity contribution in [1.82, 2.24) is 4.90 Å². The Bertz CT molecular complexity index is 266. The molecule has 0 radical (unpaired) electrons. The molecule has 5 nitrogen and oxygen atoms in total. The number of carbonyl (C=O) groups is 1. The molecular formula is C8H12N4O. The summed E-state index contributed by atoms with van der Waals surface area (Å²) < 4.78 is 0. The molecule has 1 atom stereocenters. The van der Waals surface area contributed by atoms with E-state index < -0.39 is 5.91 Å². The smallest absolute Gasteiger partial charge is 0.231 e. The van der Waals surface area contributed by atoms with Crippen molar-refractivity contribution in [1.29, 1.82) is 10.7 Å². The van der Waals surface area contributed by atoms with Crippen LogP contribution < -0.4 is 5.73 Å². The van der Waals surface area contributed by atoms with Crippen LogP contribution in [0.25, 0.3) is 0 Å². The second kappa shape index (κ2) is 4.01. The van der Waals surface area contributed by atoms with Crippen molar-refractivity contribution < 1.29 is 4.79 Å². The van der Waals surface area contributed by atoms with Crippen LogP contribution in [0.2, 0.25) is 0 Å². The number of piperidine rings is 1. The zero-order valence-electron chi connectivity index (χ0n) is 7.29. The lowest BCUT2D eigenvalue weighted by Gasteiger charge is -2.30. The number of nitrogens with zero attached hydrogens (tertiary/aromatic N) is 2. The van der Waals surface area contributed by atoms with Gasteiger partial charge in [0, 0.05) is 12.3 Å². The van der Waals surface area contributed by atoms with Gasteiger partial charge >= 0.3 is 0 Å². The molecular weight excluding hydrogens is 168 g/mol. The van der Waals surface area contributed by atoms with Crippen molar-refractivity contribution >= 4 is 11.6 Å². The number of nitrogens with one attached hydrogen (secondary N) is 1. The van der Waals surface area contributed by atoms with Gasteiger partial charge in [0.2, 0.25) is 5.91 Å². The van der Waals surface area contributed by atoms with Crippen LogP contribution in [-0.4, -0.2) is 35.7 Å². The average Bonchev–Trinajstić information content (AvgIpc) is 2.03. The molecule has 5 heteroatoms. The Balaban J connectivity index is 2.61. The Morgan fingerprint density at radius 1 is 1.85 bits per heavy atom. The number of carbonyl (C=O) groups excluding carboxylic acids is 1. The van der Waals surface area contributed by atoms with Gasteiger partial charge < -0.3 is 11.1 Å². The maximum Gasteiger partial charge on any atom is 0.231 e. The number of primary amides is 1. The minimum Gasteiger partial charge on any atom is -0.369 e. The highest BCUT2D eigenvalue weighted by atomic mass is 16.1. The van der Waals surface area contributed by atoms with Crippen LogP contribution in [0.5, 0.6) is 0 Å². The van der Waals surface area contributed by atoms with Gasteiger partial charge in [-0.1, -0.05) is 0 Å². The molecule has 1 rings (SSSR count). The first-order valence-electron chi connectivity index (χ1n) is 4.11. The van der Waals surface area contributed by atoms with Crippen LogP contribution in [0.4, 0.5) is 0 Å². The minimum absolute atomic E-state index is 0.0700. The van der Waals surface area contributed by atoms with E-state index in [1.165, 1.54) is 0 Å². The minimum atomic E-state index is -0.449. The maximum absolute atomic E-state index is 10.6. The fourth-order valence-corrected chi connectivity index (χ4v) is 1.44. The van der Waals surface area contributed by atoms with Gasteiger partial charge in [-0.3, -0.25) is 9.69 Å². The number of hydrogen-bond donors (Lipinski definition) is 2. The summed E-state index contributed by atoms with van der Waals surface area (Å²) in [6.45, 7) is 0.460. The molecule has 0 aromatic heterocycles. The molecule has 0 aliphatic carbocycles. The molecule has 0 aromatic carbocycles. The lowest BCUT2D eigenvalue weighted by Crippen LogP contribution is -2.46. The molecule has 0 saturated carbocycles. The predicted molar refractivity (Wildman–Crippen MR) is 47.1 cm³/mol. The van der Waals surface area contributed by atoms with Crippen molar-refractivity contribution in [3.8, 4) is 6.07 Å². The number of likely N-dealkylation sites (tertiary alicyclic amines) is 1. The molecule has 0 aromatic rings. The van der Waals surface area contributed by atoms with E-state index in [4.69, 9.17) is 16.4 Å². The van der Waals surface area contributed by atoms with Crippen LogP contribution in [-0.2, 0) is 4.79 Å². The predicted octanol–water partition coefficient (Wildman–Crippen LogP) is -0.521. The van der Waals surface area contributed by atoms with Gasteiger partial charge in [0.15, 0.2) is 0 Å². The van der Waals surface area contributed by atoms with E-state index >= 15 is 0 Å². The van der Waals surface area contributed by atoms with Gasteiger partial charge in [0.25, 0.3) is 0 Å².